The maximum absolute atomic E-state index is 5.55. The fraction of sp³-hybridized carbons (Fsp3) is 0.0968. The molecule has 0 aliphatic heterocycles. The number of aliphatic imine (C=N–C) groups is 1. The molecule has 1 heterocycles. The van der Waals surface area contributed by atoms with Crippen molar-refractivity contribution in [2.45, 2.75) is 13.8 Å². The Labute approximate surface area is 203 Å². The second-order valence-corrected chi connectivity index (χ2v) is 7.84. The van der Waals surface area contributed by atoms with Gasteiger partial charge in [0.2, 0.25) is 0 Å². The Morgan fingerprint density at radius 1 is 1.09 bits per heavy atom. The summed E-state index contributed by atoms with van der Waals surface area (Å²) in [6.45, 7) is 12.8. The van der Waals surface area contributed by atoms with Crippen LogP contribution >= 0.6 is 0 Å². The van der Waals surface area contributed by atoms with Gasteiger partial charge in [-0.1, -0.05) is 91.4 Å². The predicted molar refractivity (Wildman–Crippen MR) is 146 cm³/mol. The van der Waals surface area contributed by atoms with Crippen LogP contribution in [0.15, 0.2) is 115 Å². The van der Waals surface area contributed by atoms with Crippen molar-refractivity contribution < 1.29 is 0 Å². The summed E-state index contributed by atoms with van der Waals surface area (Å²) in [5, 5.41) is 3.48. The maximum atomic E-state index is 5.55. The fourth-order valence-electron chi connectivity index (χ4n) is 3.46. The SMILES string of the molecule is C#Cc1cncc(C(C)=Nc2cccc(-c3ccccc3)c2C(=C)NC/C(C)=C/C=C\C=C)c1. The molecule has 0 saturated heterocycles. The first-order valence-corrected chi connectivity index (χ1v) is 11.1. The molecule has 1 N–H and O–H groups in total. The Balaban J connectivity index is 2.04. The van der Waals surface area contributed by atoms with Gasteiger partial charge in [-0.25, -0.2) is 0 Å². The second kappa shape index (κ2) is 12.0. The topological polar surface area (TPSA) is 37.3 Å². The van der Waals surface area contributed by atoms with Crippen LogP contribution in [0.25, 0.3) is 16.8 Å². The summed E-state index contributed by atoms with van der Waals surface area (Å²) in [6, 6.07) is 18.3. The third kappa shape index (κ3) is 6.31. The van der Waals surface area contributed by atoms with Crippen molar-refractivity contribution >= 4 is 17.1 Å². The van der Waals surface area contributed by atoms with Crippen molar-refractivity contribution in [3.63, 3.8) is 0 Å². The molecule has 0 bridgehead atoms. The zero-order valence-corrected chi connectivity index (χ0v) is 19.8. The van der Waals surface area contributed by atoms with Crippen LogP contribution in [0.1, 0.15) is 30.5 Å². The number of nitrogens with one attached hydrogen (secondary N) is 1. The maximum Gasteiger partial charge on any atom is 0.0732 e. The Kier molecular flexibility index (Phi) is 8.54. The molecule has 3 heteroatoms. The van der Waals surface area contributed by atoms with E-state index in [2.05, 4.69) is 60.6 Å². The van der Waals surface area contributed by atoms with Crippen LogP contribution < -0.4 is 5.32 Å². The van der Waals surface area contributed by atoms with Crippen molar-refractivity contribution in [3.8, 4) is 23.5 Å². The summed E-state index contributed by atoms with van der Waals surface area (Å²) in [5.41, 5.74) is 8.38. The van der Waals surface area contributed by atoms with Crippen LogP contribution in [0.2, 0.25) is 0 Å². The van der Waals surface area contributed by atoms with Crippen molar-refractivity contribution in [2.24, 2.45) is 4.99 Å². The van der Waals surface area contributed by atoms with E-state index in [1.54, 1.807) is 18.5 Å². The number of pyridine rings is 1. The van der Waals surface area contributed by atoms with Gasteiger partial charge >= 0.3 is 0 Å². The number of nitrogens with zero attached hydrogens (tertiary/aromatic N) is 2. The van der Waals surface area contributed by atoms with Crippen LogP contribution in [0.3, 0.4) is 0 Å². The highest BCUT2D eigenvalue weighted by Gasteiger charge is 2.14. The number of hydrogen-bond acceptors (Lipinski definition) is 3. The normalized spacial score (nSPS) is 11.8. The molecule has 0 spiro atoms. The molecular weight excluding hydrogens is 414 g/mol. The van der Waals surface area contributed by atoms with Crippen molar-refractivity contribution in [3.05, 3.63) is 127 Å². The van der Waals surface area contributed by atoms with Gasteiger partial charge in [0.1, 0.15) is 0 Å². The van der Waals surface area contributed by atoms with Gasteiger partial charge in [-0.15, -0.1) is 6.42 Å². The van der Waals surface area contributed by atoms with E-state index in [-0.39, 0.29) is 0 Å². The summed E-state index contributed by atoms with van der Waals surface area (Å²) >= 11 is 0. The van der Waals surface area contributed by atoms with Crippen LogP contribution in [0, 0.1) is 12.3 Å². The van der Waals surface area contributed by atoms with E-state index in [1.807, 2.05) is 55.5 Å². The Morgan fingerprint density at radius 3 is 2.62 bits per heavy atom. The van der Waals surface area contributed by atoms with E-state index >= 15 is 0 Å². The van der Waals surface area contributed by atoms with Gasteiger partial charge in [-0.2, -0.15) is 0 Å². The lowest BCUT2D eigenvalue weighted by atomic mass is 9.96. The number of benzene rings is 2. The average molecular weight is 444 g/mol. The second-order valence-electron chi connectivity index (χ2n) is 7.84. The molecule has 168 valence electrons. The van der Waals surface area contributed by atoms with Gasteiger partial charge in [0.25, 0.3) is 0 Å². The molecule has 0 aliphatic carbocycles. The van der Waals surface area contributed by atoms with Gasteiger partial charge in [0, 0.05) is 47.0 Å². The summed E-state index contributed by atoms with van der Waals surface area (Å²) in [5.74, 6) is 2.63. The summed E-state index contributed by atoms with van der Waals surface area (Å²) < 4.78 is 0. The first kappa shape index (κ1) is 24.2. The van der Waals surface area contributed by atoms with Crippen LogP contribution in [0.4, 0.5) is 5.69 Å². The molecule has 0 amide bonds. The third-order valence-electron chi connectivity index (χ3n) is 5.25. The third-order valence-corrected chi connectivity index (χ3v) is 5.25. The average Bonchev–Trinajstić information content (AvgIpc) is 2.87. The van der Waals surface area contributed by atoms with Gasteiger partial charge in [0.15, 0.2) is 0 Å². The molecule has 0 radical (unpaired) electrons. The smallest absolute Gasteiger partial charge is 0.0732 e. The Bertz CT molecular complexity index is 1300. The highest BCUT2D eigenvalue weighted by molar-refractivity contribution is 6.01. The van der Waals surface area contributed by atoms with E-state index in [0.717, 1.165) is 44.9 Å². The van der Waals surface area contributed by atoms with Crippen molar-refractivity contribution in [2.75, 3.05) is 6.54 Å². The summed E-state index contributed by atoms with van der Waals surface area (Å²) in [6.07, 6.45) is 16.7. The van der Waals surface area contributed by atoms with E-state index in [9.17, 15) is 0 Å². The zero-order valence-electron chi connectivity index (χ0n) is 19.8. The summed E-state index contributed by atoms with van der Waals surface area (Å²) in [4.78, 5) is 9.22. The van der Waals surface area contributed by atoms with Gasteiger partial charge < -0.3 is 5.32 Å². The largest absolute Gasteiger partial charge is 0.381 e. The van der Waals surface area contributed by atoms with Crippen LogP contribution in [-0.4, -0.2) is 17.2 Å². The lowest BCUT2D eigenvalue weighted by Gasteiger charge is -2.17. The molecule has 3 aromatic rings. The molecule has 0 atom stereocenters. The lowest BCUT2D eigenvalue weighted by molar-refractivity contribution is 0.958. The monoisotopic (exact) mass is 443 g/mol. The molecule has 0 aliphatic rings. The molecule has 34 heavy (non-hydrogen) atoms. The van der Waals surface area contributed by atoms with Crippen LogP contribution in [0.5, 0.6) is 0 Å². The van der Waals surface area contributed by atoms with E-state index in [0.29, 0.717) is 6.54 Å². The highest BCUT2D eigenvalue weighted by Crippen LogP contribution is 2.35. The molecule has 0 fully saturated rings. The minimum absolute atomic E-state index is 0.666. The van der Waals surface area contributed by atoms with E-state index in [1.165, 1.54) is 5.57 Å². The number of allylic oxidation sites excluding steroid dienone is 4. The molecule has 3 nitrogen and oxygen atoms in total. The Morgan fingerprint density at radius 2 is 1.88 bits per heavy atom. The molecular formula is C31H29N3. The standard InChI is InChI=1S/C31H29N3/c1-6-8-10-14-23(3)20-33-25(5)31-29(27-15-11-9-12-16-27)17-13-18-30(31)34-24(4)28-19-26(7-2)21-32-22-28/h2,6,8-19,21-22,33H,1,5,20H2,3-4H3/b10-8-,23-14+,34-24?. The highest BCUT2D eigenvalue weighted by atomic mass is 14.9. The predicted octanol–water partition coefficient (Wildman–Crippen LogP) is 7.12. The zero-order chi connectivity index (χ0) is 24.3. The van der Waals surface area contributed by atoms with Crippen molar-refractivity contribution in [1.82, 2.24) is 10.3 Å². The van der Waals surface area contributed by atoms with Gasteiger partial charge in [0.05, 0.1) is 5.69 Å². The van der Waals surface area contributed by atoms with Crippen LogP contribution in [-0.2, 0) is 0 Å². The van der Waals surface area contributed by atoms with Crippen molar-refractivity contribution in [1.29, 1.82) is 0 Å². The minimum Gasteiger partial charge on any atom is -0.381 e. The summed E-state index contributed by atoms with van der Waals surface area (Å²) in [7, 11) is 0. The quantitative estimate of drug-likeness (QED) is 0.217. The molecule has 0 unspecified atom stereocenters. The van der Waals surface area contributed by atoms with Gasteiger partial charge in [-0.05, 0) is 37.1 Å². The van der Waals surface area contributed by atoms with E-state index < -0.39 is 0 Å². The van der Waals surface area contributed by atoms with E-state index in [4.69, 9.17) is 11.4 Å². The fourth-order valence-corrected chi connectivity index (χ4v) is 3.46. The molecule has 3 rings (SSSR count). The minimum atomic E-state index is 0.666. The molecule has 0 saturated carbocycles. The number of hydrogen-bond donors (Lipinski definition) is 1. The first-order chi connectivity index (χ1) is 16.5. The number of terminal acetylenes is 1. The lowest BCUT2D eigenvalue weighted by Crippen LogP contribution is -2.14. The Hall–Kier alpha value is -4.42. The molecule has 2 aromatic carbocycles. The van der Waals surface area contributed by atoms with Gasteiger partial charge in [-0.3, -0.25) is 9.98 Å². The number of rotatable bonds is 9. The molecule has 1 aromatic heterocycles. The number of aromatic nitrogens is 1. The first-order valence-electron chi connectivity index (χ1n) is 11.1.